The number of anilines is 1. The van der Waals surface area contributed by atoms with Crippen LogP contribution in [0.3, 0.4) is 0 Å². The molecular weight excluding hydrogens is 373 g/mol. The third kappa shape index (κ3) is 3.91. The number of hydrogen-bond donors (Lipinski definition) is 1. The number of methoxy groups -OCH3 is 1. The molecule has 1 N–H and O–H groups in total. The van der Waals surface area contributed by atoms with Crippen molar-refractivity contribution in [3.63, 3.8) is 0 Å². The van der Waals surface area contributed by atoms with E-state index in [1.54, 1.807) is 17.6 Å². The standard InChI is InChI=1S/C18H18FN3O2S2/c1-18(2,3)16-20-8-14(26-16)15(23)22-17-21-12(9-25-17)11-7-10(19)5-6-13(11)24-4/h5-9H,1-4H3,(H,21,22,23). The molecule has 0 aliphatic carbocycles. The lowest BCUT2D eigenvalue weighted by molar-refractivity contribution is 0.103. The van der Waals surface area contributed by atoms with E-state index in [1.165, 1.54) is 41.9 Å². The molecule has 0 fully saturated rings. The lowest BCUT2D eigenvalue weighted by atomic mass is 9.98. The molecule has 8 heteroatoms. The quantitative estimate of drug-likeness (QED) is 0.682. The monoisotopic (exact) mass is 391 g/mol. The molecule has 0 unspecified atom stereocenters. The van der Waals surface area contributed by atoms with Crippen LogP contribution in [0.1, 0.15) is 35.5 Å². The highest BCUT2D eigenvalue weighted by Crippen LogP contribution is 2.33. The van der Waals surface area contributed by atoms with Gasteiger partial charge < -0.3 is 4.74 Å². The molecule has 0 atom stereocenters. The van der Waals surface area contributed by atoms with Gasteiger partial charge >= 0.3 is 0 Å². The number of carbonyl (C=O) groups excluding carboxylic acids is 1. The summed E-state index contributed by atoms with van der Waals surface area (Å²) in [4.78, 5) is 21.6. The van der Waals surface area contributed by atoms with Crippen LogP contribution in [0.15, 0.2) is 29.8 Å². The largest absolute Gasteiger partial charge is 0.496 e. The van der Waals surface area contributed by atoms with E-state index in [0.29, 0.717) is 27.0 Å². The lowest BCUT2D eigenvalue weighted by Gasteiger charge is -2.13. The molecule has 136 valence electrons. The number of halogens is 1. The van der Waals surface area contributed by atoms with Crippen LogP contribution in [0.25, 0.3) is 11.3 Å². The van der Waals surface area contributed by atoms with E-state index in [2.05, 4.69) is 15.3 Å². The average molecular weight is 391 g/mol. The van der Waals surface area contributed by atoms with Crippen molar-refractivity contribution in [2.75, 3.05) is 12.4 Å². The van der Waals surface area contributed by atoms with Crippen molar-refractivity contribution < 1.29 is 13.9 Å². The normalized spacial score (nSPS) is 11.4. The van der Waals surface area contributed by atoms with Gasteiger partial charge in [0.05, 0.1) is 24.0 Å². The van der Waals surface area contributed by atoms with Gasteiger partial charge in [0.1, 0.15) is 16.4 Å². The summed E-state index contributed by atoms with van der Waals surface area (Å²) < 4.78 is 18.8. The summed E-state index contributed by atoms with van der Waals surface area (Å²) in [7, 11) is 1.52. The van der Waals surface area contributed by atoms with Gasteiger partial charge in [0.15, 0.2) is 5.13 Å². The summed E-state index contributed by atoms with van der Waals surface area (Å²) in [6.07, 6.45) is 1.57. The number of nitrogens with one attached hydrogen (secondary N) is 1. The summed E-state index contributed by atoms with van der Waals surface area (Å²) in [6.45, 7) is 6.15. The van der Waals surface area contributed by atoms with Crippen molar-refractivity contribution in [3.05, 3.63) is 45.5 Å². The minimum atomic E-state index is -0.376. The fourth-order valence-electron chi connectivity index (χ4n) is 2.22. The van der Waals surface area contributed by atoms with Crippen LogP contribution in [-0.2, 0) is 5.41 Å². The summed E-state index contributed by atoms with van der Waals surface area (Å²) in [5.41, 5.74) is 0.976. The van der Waals surface area contributed by atoms with Crippen LogP contribution < -0.4 is 10.1 Å². The van der Waals surface area contributed by atoms with Crippen LogP contribution >= 0.6 is 22.7 Å². The van der Waals surface area contributed by atoms with Crippen LogP contribution in [0, 0.1) is 5.82 Å². The zero-order chi connectivity index (χ0) is 18.9. The zero-order valence-corrected chi connectivity index (χ0v) is 16.4. The van der Waals surface area contributed by atoms with Crippen molar-refractivity contribution in [2.45, 2.75) is 26.2 Å². The Hall–Kier alpha value is -2.32. The number of amides is 1. The Morgan fingerprint density at radius 2 is 2.08 bits per heavy atom. The van der Waals surface area contributed by atoms with Crippen molar-refractivity contribution >= 4 is 33.7 Å². The van der Waals surface area contributed by atoms with Crippen molar-refractivity contribution in [1.29, 1.82) is 0 Å². The Morgan fingerprint density at radius 3 is 2.73 bits per heavy atom. The maximum absolute atomic E-state index is 13.6. The Kier molecular flexibility index (Phi) is 5.06. The Bertz CT molecular complexity index is 944. The topological polar surface area (TPSA) is 64.1 Å². The first-order valence-electron chi connectivity index (χ1n) is 7.85. The van der Waals surface area contributed by atoms with Crippen molar-refractivity contribution in [2.24, 2.45) is 0 Å². The fourth-order valence-corrected chi connectivity index (χ4v) is 3.79. The van der Waals surface area contributed by atoms with Gasteiger partial charge in [-0.25, -0.2) is 14.4 Å². The molecule has 5 nitrogen and oxygen atoms in total. The molecule has 0 aliphatic rings. The molecule has 0 radical (unpaired) electrons. The zero-order valence-electron chi connectivity index (χ0n) is 14.8. The van der Waals surface area contributed by atoms with E-state index < -0.39 is 0 Å². The van der Waals surface area contributed by atoms with E-state index in [9.17, 15) is 9.18 Å². The lowest BCUT2D eigenvalue weighted by Crippen LogP contribution is -2.10. The summed E-state index contributed by atoms with van der Waals surface area (Å²) in [5.74, 6) is -0.115. The van der Waals surface area contributed by atoms with Gasteiger partial charge in [-0.2, -0.15) is 0 Å². The molecule has 0 bridgehead atoms. The van der Waals surface area contributed by atoms with Gasteiger partial charge in [-0.15, -0.1) is 22.7 Å². The van der Waals surface area contributed by atoms with Crippen molar-refractivity contribution in [1.82, 2.24) is 9.97 Å². The first-order chi connectivity index (χ1) is 12.3. The molecule has 2 aromatic heterocycles. The van der Waals surface area contributed by atoms with Crippen LogP contribution in [0.4, 0.5) is 9.52 Å². The molecule has 1 amide bonds. The van der Waals surface area contributed by atoms with Crippen LogP contribution in [0.2, 0.25) is 0 Å². The maximum atomic E-state index is 13.6. The molecule has 1 aromatic carbocycles. The first kappa shape index (κ1) is 18.5. The van der Waals surface area contributed by atoms with Gasteiger partial charge in [-0.05, 0) is 18.2 Å². The van der Waals surface area contributed by atoms with E-state index in [4.69, 9.17) is 4.74 Å². The molecular formula is C18H18FN3O2S2. The Labute approximate surface area is 158 Å². The number of ether oxygens (including phenoxy) is 1. The van der Waals surface area contributed by atoms with E-state index >= 15 is 0 Å². The van der Waals surface area contributed by atoms with Gasteiger partial charge in [-0.1, -0.05) is 20.8 Å². The number of aromatic nitrogens is 2. The Balaban J connectivity index is 1.80. The third-order valence-electron chi connectivity index (χ3n) is 3.53. The SMILES string of the molecule is COc1ccc(F)cc1-c1csc(NC(=O)c2cnc(C(C)(C)C)s2)n1. The molecule has 0 saturated carbocycles. The molecule has 0 spiro atoms. The highest BCUT2D eigenvalue weighted by atomic mass is 32.1. The minimum Gasteiger partial charge on any atom is -0.496 e. The second kappa shape index (κ2) is 7.13. The van der Waals surface area contributed by atoms with Crippen LogP contribution in [0.5, 0.6) is 5.75 Å². The Morgan fingerprint density at radius 1 is 1.31 bits per heavy atom. The minimum absolute atomic E-state index is 0.106. The van der Waals surface area contributed by atoms with Crippen LogP contribution in [-0.4, -0.2) is 23.0 Å². The molecule has 3 aromatic rings. The fraction of sp³-hybridized carbons (Fsp3) is 0.278. The third-order valence-corrected chi connectivity index (χ3v) is 5.71. The predicted molar refractivity (Wildman–Crippen MR) is 103 cm³/mol. The van der Waals surface area contributed by atoms with Gasteiger partial charge in [0, 0.05) is 16.4 Å². The smallest absolute Gasteiger partial charge is 0.269 e. The molecule has 3 rings (SSSR count). The molecule has 0 aliphatic heterocycles. The predicted octanol–water partition coefficient (Wildman–Crippen LogP) is 4.96. The number of thiazole rings is 2. The van der Waals surface area contributed by atoms with Gasteiger partial charge in [0.2, 0.25) is 0 Å². The second-order valence-electron chi connectivity index (χ2n) is 6.62. The van der Waals surface area contributed by atoms with Gasteiger partial charge in [0.25, 0.3) is 5.91 Å². The highest BCUT2D eigenvalue weighted by Gasteiger charge is 2.21. The number of nitrogens with zero attached hydrogens (tertiary/aromatic N) is 2. The van der Waals surface area contributed by atoms with Crippen molar-refractivity contribution in [3.8, 4) is 17.0 Å². The van der Waals surface area contributed by atoms with E-state index in [1.807, 2.05) is 20.8 Å². The summed E-state index contributed by atoms with van der Waals surface area (Å²) in [6, 6.07) is 4.24. The summed E-state index contributed by atoms with van der Waals surface area (Å²) >= 11 is 2.63. The maximum Gasteiger partial charge on any atom is 0.269 e. The molecule has 0 saturated heterocycles. The number of benzene rings is 1. The molecule has 2 heterocycles. The number of hydrogen-bond acceptors (Lipinski definition) is 6. The summed E-state index contributed by atoms with van der Waals surface area (Å²) in [5, 5.41) is 5.85. The first-order valence-corrected chi connectivity index (χ1v) is 9.54. The number of carbonyl (C=O) groups is 1. The second-order valence-corrected chi connectivity index (χ2v) is 8.51. The molecule has 26 heavy (non-hydrogen) atoms. The highest BCUT2D eigenvalue weighted by molar-refractivity contribution is 7.15. The van der Waals surface area contributed by atoms with E-state index in [0.717, 1.165) is 5.01 Å². The van der Waals surface area contributed by atoms with Gasteiger partial charge in [-0.3, -0.25) is 10.1 Å². The average Bonchev–Trinajstić information content (AvgIpc) is 3.23. The number of rotatable bonds is 4. The van der Waals surface area contributed by atoms with E-state index in [-0.39, 0.29) is 17.1 Å².